The van der Waals surface area contributed by atoms with Gasteiger partial charge in [0.25, 0.3) is 11.8 Å². The van der Waals surface area contributed by atoms with Crippen molar-refractivity contribution < 1.29 is 19.1 Å². The van der Waals surface area contributed by atoms with Gasteiger partial charge in [0.2, 0.25) is 0 Å². The Labute approximate surface area is 153 Å². The minimum atomic E-state index is -0.454. The average Bonchev–Trinajstić information content (AvgIpc) is 2.58. The van der Waals surface area contributed by atoms with Crippen molar-refractivity contribution in [1.29, 1.82) is 0 Å². The van der Waals surface area contributed by atoms with Gasteiger partial charge in [-0.1, -0.05) is 35.9 Å². The molecule has 2 aromatic carbocycles. The van der Waals surface area contributed by atoms with Gasteiger partial charge in [-0.2, -0.15) is 0 Å². The van der Waals surface area contributed by atoms with Crippen LogP contribution in [0.4, 0.5) is 0 Å². The Kier molecular flexibility index (Phi) is 6.60. The molecular formula is C20H24N2O4. The fourth-order valence-electron chi connectivity index (χ4n) is 2.61. The Morgan fingerprint density at radius 1 is 0.808 bits per heavy atom. The second-order valence-electron chi connectivity index (χ2n) is 6.17. The van der Waals surface area contributed by atoms with Crippen molar-refractivity contribution in [2.45, 2.75) is 27.7 Å². The van der Waals surface area contributed by atoms with Crippen LogP contribution in [0, 0.1) is 27.7 Å². The molecule has 0 aliphatic carbocycles. The van der Waals surface area contributed by atoms with Crippen molar-refractivity contribution in [2.24, 2.45) is 0 Å². The van der Waals surface area contributed by atoms with E-state index < -0.39 is 11.8 Å². The molecule has 0 saturated carbocycles. The van der Waals surface area contributed by atoms with Crippen LogP contribution in [-0.2, 0) is 9.59 Å². The molecule has 6 nitrogen and oxygen atoms in total. The number of para-hydroxylation sites is 1. The highest BCUT2D eigenvalue weighted by Crippen LogP contribution is 2.24. The van der Waals surface area contributed by atoms with Crippen LogP contribution in [0.1, 0.15) is 22.3 Å². The van der Waals surface area contributed by atoms with Gasteiger partial charge >= 0.3 is 0 Å². The fourth-order valence-corrected chi connectivity index (χ4v) is 2.61. The van der Waals surface area contributed by atoms with E-state index in [1.807, 2.05) is 58.0 Å². The largest absolute Gasteiger partial charge is 0.483 e. The number of hydrazine groups is 1. The summed E-state index contributed by atoms with van der Waals surface area (Å²) in [4.78, 5) is 23.6. The van der Waals surface area contributed by atoms with E-state index in [9.17, 15) is 9.59 Å². The molecule has 0 fully saturated rings. The summed E-state index contributed by atoms with van der Waals surface area (Å²) in [6.45, 7) is 7.37. The third-order valence-electron chi connectivity index (χ3n) is 3.75. The predicted octanol–water partition coefficient (Wildman–Crippen LogP) is 2.53. The van der Waals surface area contributed by atoms with Gasteiger partial charge in [0.1, 0.15) is 11.5 Å². The molecular weight excluding hydrogens is 332 g/mol. The van der Waals surface area contributed by atoms with Crippen LogP contribution in [0.3, 0.4) is 0 Å². The normalized spacial score (nSPS) is 10.2. The molecule has 26 heavy (non-hydrogen) atoms. The Hall–Kier alpha value is -3.02. The number of amides is 2. The molecule has 0 aliphatic rings. The first-order valence-electron chi connectivity index (χ1n) is 8.33. The Balaban J connectivity index is 1.75. The van der Waals surface area contributed by atoms with E-state index in [-0.39, 0.29) is 13.2 Å². The first-order valence-corrected chi connectivity index (χ1v) is 8.33. The summed E-state index contributed by atoms with van der Waals surface area (Å²) in [6, 6.07) is 11.4. The third kappa shape index (κ3) is 5.51. The average molecular weight is 356 g/mol. The molecule has 0 spiro atoms. The van der Waals surface area contributed by atoms with Crippen LogP contribution in [0.15, 0.2) is 36.4 Å². The zero-order chi connectivity index (χ0) is 19.1. The molecule has 0 saturated heterocycles. The molecule has 2 N–H and O–H groups in total. The van der Waals surface area contributed by atoms with Crippen LogP contribution in [-0.4, -0.2) is 25.0 Å². The Morgan fingerprint density at radius 3 is 1.92 bits per heavy atom. The molecule has 0 atom stereocenters. The third-order valence-corrected chi connectivity index (χ3v) is 3.75. The highest BCUT2D eigenvalue weighted by molar-refractivity contribution is 5.83. The van der Waals surface area contributed by atoms with E-state index in [0.29, 0.717) is 11.5 Å². The van der Waals surface area contributed by atoms with Crippen molar-refractivity contribution in [2.75, 3.05) is 13.2 Å². The van der Waals surface area contributed by atoms with Gasteiger partial charge in [-0.15, -0.1) is 0 Å². The Bertz CT molecular complexity index is 779. The van der Waals surface area contributed by atoms with E-state index in [2.05, 4.69) is 10.9 Å². The highest BCUT2D eigenvalue weighted by atomic mass is 16.5. The van der Waals surface area contributed by atoms with Gasteiger partial charge in [0.05, 0.1) is 0 Å². The molecule has 0 radical (unpaired) electrons. The number of benzene rings is 2. The van der Waals surface area contributed by atoms with Gasteiger partial charge in [-0.05, 0) is 50.5 Å². The lowest BCUT2D eigenvalue weighted by Gasteiger charge is -2.13. The summed E-state index contributed by atoms with van der Waals surface area (Å²) < 4.78 is 11.0. The van der Waals surface area contributed by atoms with E-state index in [1.54, 1.807) is 6.07 Å². The van der Waals surface area contributed by atoms with Gasteiger partial charge in [0.15, 0.2) is 13.2 Å². The standard InChI is InChI=1S/C20H24N2O4/c1-13-9-15(3)20(16(4)10-13)26-12-19(24)22-21-18(23)11-25-17-8-6-5-7-14(17)2/h5-10H,11-12H2,1-4H3,(H,21,23)(H,22,24). The lowest BCUT2D eigenvalue weighted by atomic mass is 10.1. The number of carbonyl (C=O) groups is 2. The molecule has 0 bridgehead atoms. The van der Waals surface area contributed by atoms with Crippen LogP contribution < -0.4 is 20.3 Å². The smallest absolute Gasteiger partial charge is 0.276 e. The summed E-state index contributed by atoms with van der Waals surface area (Å²) in [7, 11) is 0. The molecule has 0 aliphatic heterocycles. The van der Waals surface area contributed by atoms with Crippen molar-refractivity contribution in [3.05, 3.63) is 58.7 Å². The molecule has 0 aromatic heterocycles. The molecule has 6 heteroatoms. The Morgan fingerprint density at radius 2 is 1.35 bits per heavy atom. The zero-order valence-corrected chi connectivity index (χ0v) is 15.5. The summed E-state index contributed by atoms with van der Waals surface area (Å²) in [6.07, 6.45) is 0. The number of aryl methyl sites for hydroxylation is 4. The maximum Gasteiger partial charge on any atom is 0.276 e. The van der Waals surface area contributed by atoms with E-state index in [4.69, 9.17) is 9.47 Å². The van der Waals surface area contributed by atoms with E-state index in [1.165, 1.54) is 0 Å². The summed E-state index contributed by atoms with van der Waals surface area (Å²) in [5.74, 6) is 0.403. The maximum atomic E-state index is 11.8. The van der Waals surface area contributed by atoms with Crippen molar-refractivity contribution in [1.82, 2.24) is 10.9 Å². The number of hydrogen-bond donors (Lipinski definition) is 2. The van der Waals surface area contributed by atoms with Crippen LogP contribution in [0.5, 0.6) is 11.5 Å². The number of hydrogen-bond acceptors (Lipinski definition) is 4. The minimum Gasteiger partial charge on any atom is -0.483 e. The second-order valence-corrected chi connectivity index (χ2v) is 6.17. The fraction of sp³-hybridized carbons (Fsp3) is 0.300. The molecule has 2 aromatic rings. The van der Waals surface area contributed by atoms with E-state index >= 15 is 0 Å². The van der Waals surface area contributed by atoms with Crippen molar-refractivity contribution in [3.63, 3.8) is 0 Å². The highest BCUT2D eigenvalue weighted by Gasteiger charge is 2.10. The lowest BCUT2D eigenvalue weighted by molar-refractivity contribution is -0.131. The summed E-state index contributed by atoms with van der Waals surface area (Å²) >= 11 is 0. The maximum absolute atomic E-state index is 11.8. The van der Waals surface area contributed by atoms with Crippen LogP contribution in [0.2, 0.25) is 0 Å². The number of nitrogens with one attached hydrogen (secondary N) is 2. The summed E-state index contributed by atoms with van der Waals surface area (Å²) in [5, 5.41) is 0. The van der Waals surface area contributed by atoms with Gasteiger partial charge in [-0.3, -0.25) is 20.4 Å². The van der Waals surface area contributed by atoms with E-state index in [0.717, 1.165) is 22.3 Å². The first kappa shape index (κ1) is 19.3. The van der Waals surface area contributed by atoms with Gasteiger partial charge in [0, 0.05) is 0 Å². The molecule has 0 unspecified atom stereocenters. The van der Waals surface area contributed by atoms with Crippen molar-refractivity contribution in [3.8, 4) is 11.5 Å². The number of rotatable bonds is 6. The quantitative estimate of drug-likeness (QED) is 0.780. The molecule has 2 amide bonds. The second kappa shape index (κ2) is 8.89. The first-order chi connectivity index (χ1) is 12.4. The number of carbonyl (C=O) groups excluding carboxylic acids is 2. The monoisotopic (exact) mass is 356 g/mol. The van der Waals surface area contributed by atoms with Gasteiger partial charge < -0.3 is 9.47 Å². The number of ether oxygens (including phenoxy) is 2. The molecule has 2 rings (SSSR count). The topological polar surface area (TPSA) is 76.7 Å². The van der Waals surface area contributed by atoms with Gasteiger partial charge in [-0.25, -0.2) is 0 Å². The van der Waals surface area contributed by atoms with Crippen LogP contribution in [0.25, 0.3) is 0 Å². The summed E-state index contributed by atoms with van der Waals surface area (Å²) in [5.41, 5.74) is 8.61. The molecule has 138 valence electrons. The zero-order valence-electron chi connectivity index (χ0n) is 15.5. The van der Waals surface area contributed by atoms with Crippen molar-refractivity contribution >= 4 is 11.8 Å². The molecule has 0 heterocycles. The lowest BCUT2D eigenvalue weighted by Crippen LogP contribution is -2.45. The SMILES string of the molecule is Cc1cc(C)c(OCC(=O)NNC(=O)COc2ccccc2C)c(C)c1. The minimum absolute atomic E-state index is 0.191. The van der Waals surface area contributed by atoms with Crippen LogP contribution >= 0.6 is 0 Å². The predicted molar refractivity (Wildman–Crippen MR) is 99.1 cm³/mol.